The molecule has 1 fully saturated rings. The lowest BCUT2D eigenvalue weighted by Crippen LogP contribution is -2.48. The Bertz CT molecular complexity index is 175. The van der Waals surface area contributed by atoms with Gasteiger partial charge >= 0.3 is 0 Å². The highest BCUT2D eigenvalue weighted by Crippen LogP contribution is 2.16. The van der Waals surface area contributed by atoms with Crippen molar-refractivity contribution in [1.29, 1.82) is 0 Å². The third-order valence-corrected chi connectivity index (χ3v) is 2.94. The fourth-order valence-electron chi connectivity index (χ4n) is 1.86. The standard InChI is InChI=1S/C12H22N2/c1-4-6-14(7-5-2)10-11(3)12-8-13-9-12/h4-5,11-13H,1-2,6-10H2,3H3. The second-order valence-electron chi connectivity index (χ2n) is 4.19. The SMILES string of the molecule is C=CCN(CC=C)CC(C)C1CNC1. The molecule has 0 amide bonds. The van der Waals surface area contributed by atoms with Crippen molar-refractivity contribution in [3.8, 4) is 0 Å². The molecule has 0 aromatic heterocycles. The first kappa shape index (κ1) is 11.5. The van der Waals surface area contributed by atoms with Crippen LogP contribution in [-0.2, 0) is 0 Å². The Kier molecular flexibility index (Phi) is 4.91. The average molecular weight is 194 g/mol. The predicted molar refractivity (Wildman–Crippen MR) is 62.4 cm³/mol. The molecule has 0 saturated carbocycles. The van der Waals surface area contributed by atoms with Gasteiger partial charge in [-0.1, -0.05) is 19.1 Å². The highest BCUT2D eigenvalue weighted by Gasteiger charge is 2.24. The molecule has 2 heteroatoms. The number of hydrogen-bond donors (Lipinski definition) is 1. The van der Waals surface area contributed by atoms with Crippen LogP contribution in [0.25, 0.3) is 0 Å². The number of rotatable bonds is 7. The van der Waals surface area contributed by atoms with Gasteiger partial charge in [0.25, 0.3) is 0 Å². The monoisotopic (exact) mass is 194 g/mol. The summed E-state index contributed by atoms with van der Waals surface area (Å²) in [5.41, 5.74) is 0. The normalized spacial score (nSPS) is 19.0. The van der Waals surface area contributed by atoms with E-state index in [0.717, 1.165) is 31.5 Å². The van der Waals surface area contributed by atoms with Gasteiger partial charge in [-0.15, -0.1) is 13.2 Å². The van der Waals surface area contributed by atoms with E-state index in [0.29, 0.717) is 0 Å². The Hall–Kier alpha value is -0.600. The Morgan fingerprint density at radius 1 is 1.36 bits per heavy atom. The van der Waals surface area contributed by atoms with Crippen LogP contribution in [0.5, 0.6) is 0 Å². The van der Waals surface area contributed by atoms with Gasteiger partial charge in [0.2, 0.25) is 0 Å². The van der Waals surface area contributed by atoms with Crippen LogP contribution in [0.3, 0.4) is 0 Å². The van der Waals surface area contributed by atoms with Gasteiger partial charge in [-0.05, 0) is 24.9 Å². The molecular formula is C12H22N2. The Labute approximate surface area is 87.7 Å². The lowest BCUT2D eigenvalue weighted by Gasteiger charge is -2.35. The fourth-order valence-corrected chi connectivity index (χ4v) is 1.86. The minimum absolute atomic E-state index is 0.774. The summed E-state index contributed by atoms with van der Waals surface area (Å²) in [4.78, 5) is 2.39. The molecule has 1 saturated heterocycles. The maximum Gasteiger partial charge on any atom is 0.0164 e. The van der Waals surface area contributed by atoms with Gasteiger partial charge in [-0.3, -0.25) is 4.90 Å². The molecular weight excluding hydrogens is 172 g/mol. The van der Waals surface area contributed by atoms with Crippen LogP contribution < -0.4 is 5.32 Å². The van der Waals surface area contributed by atoms with E-state index in [1.54, 1.807) is 0 Å². The van der Waals surface area contributed by atoms with E-state index in [-0.39, 0.29) is 0 Å². The minimum Gasteiger partial charge on any atom is -0.316 e. The molecule has 0 spiro atoms. The lowest BCUT2D eigenvalue weighted by atomic mass is 9.88. The highest BCUT2D eigenvalue weighted by molar-refractivity contribution is 4.85. The molecule has 1 rings (SSSR count). The zero-order valence-electron chi connectivity index (χ0n) is 9.21. The molecule has 2 nitrogen and oxygen atoms in total. The molecule has 14 heavy (non-hydrogen) atoms. The van der Waals surface area contributed by atoms with Crippen LogP contribution in [0, 0.1) is 11.8 Å². The topological polar surface area (TPSA) is 15.3 Å². The largest absolute Gasteiger partial charge is 0.316 e. The van der Waals surface area contributed by atoms with Crippen molar-refractivity contribution in [2.45, 2.75) is 6.92 Å². The highest BCUT2D eigenvalue weighted by atomic mass is 15.1. The summed E-state index contributed by atoms with van der Waals surface area (Å²) >= 11 is 0. The molecule has 1 aliphatic rings. The van der Waals surface area contributed by atoms with E-state index in [4.69, 9.17) is 0 Å². The number of hydrogen-bond acceptors (Lipinski definition) is 2. The predicted octanol–water partition coefficient (Wildman–Crippen LogP) is 1.52. The van der Waals surface area contributed by atoms with E-state index in [1.165, 1.54) is 13.1 Å². The van der Waals surface area contributed by atoms with Crippen molar-refractivity contribution in [2.24, 2.45) is 11.8 Å². The quantitative estimate of drug-likeness (QED) is 0.618. The molecule has 0 aromatic carbocycles. The first-order valence-electron chi connectivity index (χ1n) is 5.42. The summed E-state index contributed by atoms with van der Waals surface area (Å²) in [6, 6.07) is 0. The zero-order valence-corrected chi connectivity index (χ0v) is 9.21. The molecule has 80 valence electrons. The van der Waals surface area contributed by atoms with Crippen LogP contribution in [0.4, 0.5) is 0 Å². The van der Waals surface area contributed by atoms with E-state index in [1.807, 2.05) is 12.2 Å². The van der Waals surface area contributed by atoms with Gasteiger partial charge in [0.15, 0.2) is 0 Å². The number of nitrogens with zero attached hydrogens (tertiary/aromatic N) is 1. The molecule has 1 heterocycles. The van der Waals surface area contributed by atoms with Gasteiger partial charge in [0, 0.05) is 19.6 Å². The van der Waals surface area contributed by atoms with Gasteiger partial charge in [-0.25, -0.2) is 0 Å². The molecule has 1 aliphatic heterocycles. The lowest BCUT2D eigenvalue weighted by molar-refractivity contribution is 0.185. The van der Waals surface area contributed by atoms with E-state index in [9.17, 15) is 0 Å². The summed E-state index contributed by atoms with van der Waals surface area (Å²) in [7, 11) is 0. The van der Waals surface area contributed by atoms with E-state index < -0.39 is 0 Å². The molecule has 1 unspecified atom stereocenters. The third kappa shape index (κ3) is 3.28. The maximum atomic E-state index is 3.78. The molecule has 0 radical (unpaired) electrons. The summed E-state index contributed by atoms with van der Waals surface area (Å²) in [6.45, 7) is 15.4. The summed E-state index contributed by atoms with van der Waals surface area (Å²) in [6.07, 6.45) is 3.94. The second-order valence-corrected chi connectivity index (χ2v) is 4.19. The van der Waals surface area contributed by atoms with Crippen molar-refractivity contribution in [3.63, 3.8) is 0 Å². The van der Waals surface area contributed by atoms with Crippen molar-refractivity contribution in [2.75, 3.05) is 32.7 Å². The maximum absolute atomic E-state index is 3.78. The van der Waals surface area contributed by atoms with Crippen LogP contribution in [-0.4, -0.2) is 37.6 Å². The van der Waals surface area contributed by atoms with E-state index in [2.05, 4.69) is 30.3 Å². The minimum atomic E-state index is 0.774. The summed E-state index contributed by atoms with van der Waals surface area (Å²) in [5.74, 6) is 1.64. The summed E-state index contributed by atoms with van der Waals surface area (Å²) in [5, 5.41) is 3.32. The molecule has 1 N–H and O–H groups in total. The smallest absolute Gasteiger partial charge is 0.0164 e. The number of nitrogens with one attached hydrogen (secondary N) is 1. The van der Waals surface area contributed by atoms with Crippen LogP contribution >= 0.6 is 0 Å². The van der Waals surface area contributed by atoms with Crippen molar-refractivity contribution in [1.82, 2.24) is 10.2 Å². The van der Waals surface area contributed by atoms with Crippen molar-refractivity contribution >= 4 is 0 Å². The average Bonchev–Trinajstić information content (AvgIpc) is 2.01. The van der Waals surface area contributed by atoms with Crippen LogP contribution in [0.1, 0.15) is 6.92 Å². The first-order valence-corrected chi connectivity index (χ1v) is 5.42. The fraction of sp³-hybridized carbons (Fsp3) is 0.667. The third-order valence-electron chi connectivity index (χ3n) is 2.94. The van der Waals surface area contributed by atoms with Crippen LogP contribution in [0.2, 0.25) is 0 Å². The van der Waals surface area contributed by atoms with E-state index >= 15 is 0 Å². The molecule has 0 aliphatic carbocycles. The molecule has 1 atom stereocenters. The zero-order chi connectivity index (χ0) is 10.4. The molecule has 0 aromatic rings. The molecule has 0 bridgehead atoms. The first-order chi connectivity index (χ1) is 6.77. The second kappa shape index (κ2) is 5.99. The summed E-state index contributed by atoms with van der Waals surface area (Å²) < 4.78 is 0. The van der Waals surface area contributed by atoms with Gasteiger partial charge < -0.3 is 5.32 Å². The van der Waals surface area contributed by atoms with Crippen molar-refractivity contribution in [3.05, 3.63) is 25.3 Å². The van der Waals surface area contributed by atoms with Gasteiger partial charge in [0.1, 0.15) is 0 Å². The Balaban J connectivity index is 2.28. The van der Waals surface area contributed by atoms with Gasteiger partial charge in [0.05, 0.1) is 0 Å². The Morgan fingerprint density at radius 2 is 1.93 bits per heavy atom. The van der Waals surface area contributed by atoms with Crippen LogP contribution in [0.15, 0.2) is 25.3 Å². The Morgan fingerprint density at radius 3 is 2.29 bits per heavy atom. The van der Waals surface area contributed by atoms with Gasteiger partial charge in [-0.2, -0.15) is 0 Å². The van der Waals surface area contributed by atoms with Crippen molar-refractivity contribution < 1.29 is 0 Å².